The Hall–Kier alpha value is -0.0800. The Balaban J connectivity index is 2.11. The summed E-state index contributed by atoms with van der Waals surface area (Å²) in [5, 5.41) is 3.51. The second kappa shape index (κ2) is 3.00. The van der Waals surface area contributed by atoms with E-state index in [9.17, 15) is 0 Å². The van der Waals surface area contributed by atoms with Crippen molar-refractivity contribution < 1.29 is 0 Å². The highest BCUT2D eigenvalue weighted by Crippen LogP contribution is 2.39. The normalized spacial score (nSPS) is 44.0. The van der Waals surface area contributed by atoms with Crippen LogP contribution in [0.4, 0.5) is 0 Å². The lowest BCUT2D eigenvalue weighted by Gasteiger charge is -2.45. The van der Waals surface area contributed by atoms with Crippen molar-refractivity contribution >= 4 is 0 Å². The van der Waals surface area contributed by atoms with Crippen molar-refractivity contribution in [1.82, 2.24) is 10.2 Å². The summed E-state index contributed by atoms with van der Waals surface area (Å²) in [7, 11) is 2.27. The maximum atomic E-state index is 3.51. The zero-order valence-electron chi connectivity index (χ0n) is 8.27. The van der Waals surface area contributed by atoms with Gasteiger partial charge in [-0.05, 0) is 51.7 Å². The Morgan fingerprint density at radius 2 is 2.25 bits per heavy atom. The number of rotatable bonds is 0. The third-order valence-corrected chi connectivity index (χ3v) is 4.01. The van der Waals surface area contributed by atoms with Crippen LogP contribution in [0.5, 0.6) is 0 Å². The molecule has 1 spiro atoms. The van der Waals surface area contributed by atoms with Gasteiger partial charge in [0.05, 0.1) is 0 Å². The van der Waals surface area contributed by atoms with Gasteiger partial charge in [-0.3, -0.25) is 0 Å². The number of likely N-dealkylation sites (tertiary alicyclic amines) is 1. The number of nitrogens with zero attached hydrogens (tertiary/aromatic N) is 1. The molecule has 0 amide bonds. The lowest BCUT2D eigenvalue weighted by molar-refractivity contribution is 0.0572. The zero-order valence-corrected chi connectivity index (χ0v) is 8.27. The predicted molar refractivity (Wildman–Crippen MR) is 51.2 cm³/mol. The zero-order chi connectivity index (χ0) is 8.60. The SMILES string of the molecule is CC1N(C)CCCC12CCNC2. The number of piperidine rings is 1. The van der Waals surface area contributed by atoms with E-state index in [2.05, 4.69) is 24.2 Å². The first-order valence-electron chi connectivity index (χ1n) is 5.16. The molecule has 0 bridgehead atoms. The fourth-order valence-corrected chi connectivity index (χ4v) is 2.88. The molecule has 0 radical (unpaired) electrons. The van der Waals surface area contributed by atoms with E-state index >= 15 is 0 Å². The van der Waals surface area contributed by atoms with Crippen LogP contribution in [0, 0.1) is 5.41 Å². The maximum absolute atomic E-state index is 3.51. The van der Waals surface area contributed by atoms with Crippen LogP contribution in [0.3, 0.4) is 0 Å². The molecule has 2 saturated heterocycles. The van der Waals surface area contributed by atoms with Gasteiger partial charge in [0.2, 0.25) is 0 Å². The average molecular weight is 168 g/mol. The van der Waals surface area contributed by atoms with Crippen molar-refractivity contribution in [1.29, 1.82) is 0 Å². The van der Waals surface area contributed by atoms with Gasteiger partial charge in [-0.25, -0.2) is 0 Å². The number of nitrogens with one attached hydrogen (secondary N) is 1. The molecular weight excluding hydrogens is 148 g/mol. The Kier molecular flexibility index (Phi) is 2.13. The standard InChI is InChI=1S/C10H20N2/c1-9-10(5-6-11-8-10)4-3-7-12(9)2/h9,11H,3-8H2,1-2H3. The second-order valence-electron chi connectivity index (χ2n) is 4.55. The molecule has 2 rings (SSSR count). The summed E-state index contributed by atoms with van der Waals surface area (Å²) < 4.78 is 0. The summed E-state index contributed by atoms with van der Waals surface area (Å²) in [6.07, 6.45) is 4.21. The molecule has 0 aromatic rings. The average Bonchev–Trinajstić information content (AvgIpc) is 2.50. The first-order valence-corrected chi connectivity index (χ1v) is 5.16. The molecule has 2 aliphatic heterocycles. The summed E-state index contributed by atoms with van der Waals surface area (Å²) in [4.78, 5) is 2.52. The molecule has 2 fully saturated rings. The second-order valence-corrected chi connectivity index (χ2v) is 4.55. The molecule has 2 aliphatic rings. The van der Waals surface area contributed by atoms with E-state index in [4.69, 9.17) is 0 Å². The molecule has 2 atom stereocenters. The van der Waals surface area contributed by atoms with Crippen LogP contribution in [0.2, 0.25) is 0 Å². The third-order valence-electron chi connectivity index (χ3n) is 4.01. The molecule has 2 unspecified atom stereocenters. The van der Waals surface area contributed by atoms with Crippen molar-refractivity contribution in [2.45, 2.75) is 32.2 Å². The fraction of sp³-hybridized carbons (Fsp3) is 1.00. The van der Waals surface area contributed by atoms with Crippen LogP contribution in [0.15, 0.2) is 0 Å². The maximum Gasteiger partial charge on any atom is 0.0133 e. The van der Waals surface area contributed by atoms with Crippen molar-refractivity contribution in [3.05, 3.63) is 0 Å². The van der Waals surface area contributed by atoms with Gasteiger partial charge in [-0.1, -0.05) is 0 Å². The highest BCUT2D eigenvalue weighted by molar-refractivity contribution is 4.98. The highest BCUT2D eigenvalue weighted by Gasteiger charge is 2.42. The summed E-state index contributed by atoms with van der Waals surface area (Å²) in [6.45, 7) is 6.17. The Morgan fingerprint density at radius 3 is 2.92 bits per heavy atom. The van der Waals surface area contributed by atoms with Crippen molar-refractivity contribution in [2.24, 2.45) is 5.41 Å². The van der Waals surface area contributed by atoms with Gasteiger partial charge in [0.1, 0.15) is 0 Å². The van der Waals surface area contributed by atoms with E-state index in [1.807, 2.05) is 0 Å². The summed E-state index contributed by atoms with van der Waals surface area (Å²) in [5.41, 5.74) is 0.618. The fourth-order valence-electron chi connectivity index (χ4n) is 2.88. The molecule has 2 nitrogen and oxygen atoms in total. The molecule has 0 aromatic heterocycles. The van der Waals surface area contributed by atoms with Crippen molar-refractivity contribution in [2.75, 3.05) is 26.7 Å². The van der Waals surface area contributed by atoms with Gasteiger partial charge in [0.25, 0.3) is 0 Å². The van der Waals surface area contributed by atoms with E-state index in [0.717, 1.165) is 6.04 Å². The van der Waals surface area contributed by atoms with E-state index in [1.165, 1.54) is 38.9 Å². The molecule has 1 N–H and O–H groups in total. The molecule has 12 heavy (non-hydrogen) atoms. The van der Waals surface area contributed by atoms with Crippen LogP contribution in [0.25, 0.3) is 0 Å². The van der Waals surface area contributed by atoms with Gasteiger partial charge in [0, 0.05) is 12.6 Å². The minimum atomic E-state index is 0.618. The molecule has 0 saturated carbocycles. The summed E-state index contributed by atoms with van der Waals surface area (Å²) in [5.74, 6) is 0. The topological polar surface area (TPSA) is 15.3 Å². The van der Waals surface area contributed by atoms with Crippen molar-refractivity contribution in [3.63, 3.8) is 0 Å². The summed E-state index contributed by atoms with van der Waals surface area (Å²) in [6, 6.07) is 0.779. The van der Waals surface area contributed by atoms with Crippen LogP contribution in [-0.2, 0) is 0 Å². The monoisotopic (exact) mass is 168 g/mol. The predicted octanol–water partition coefficient (Wildman–Crippen LogP) is 1.08. The van der Waals surface area contributed by atoms with E-state index in [-0.39, 0.29) is 0 Å². The lowest BCUT2D eigenvalue weighted by Crippen LogP contribution is -2.49. The van der Waals surface area contributed by atoms with E-state index in [1.54, 1.807) is 0 Å². The number of hydrogen-bond donors (Lipinski definition) is 1. The van der Waals surface area contributed by atoms with E-state index in [0.29, 0.717) is 5.41 Å². The molecule has 70 valence electrons. The van der Waals surface area contributed by atoms with Crippen molar-refractivity contribution in [3.8, 4) is 0 Å². The van der Waals surface area contributed by atoms with Crippen LogP contribution in [0.1, 0.15) is 26.2 Å². The van der Waals surface area contributed by atoms with Gasteiger partial charge in [-0.15, -0.1) is 0 Å². The molecule has 2 heteroatoms. The molecule has 0 aromatic carbocycles. The van der Waals surface area contributed by atoms with Gasteiger partial charge < -0.3 is 10.2 Å². The highest BCUT2D eigenvalue weighted by atomic mass is 15.2. The first-order chi connectivity index (χ1) is 5.75. The molecule has 0 aliphatic carbocycles. The lowest BCUT2D eigenvalue weighted by atomic mass is 9.73. The summed E-state index contributed by atoms with van der Waals surface area (Å²) >= 11 is 0. The van der Waals surface area contributed by atoms with E-state index < -0.39 is 0 Å². The van der Waals surface area contributed by atoms with Gasteiger partial charge in [-0.2, -0.15) is 0 Å². The Labute approximate surface area is 75.3 Å². The first kappa shape index (κ1) is 8.52. The Bertz CT molecular complexity index is 161. The minimum absolute atomic E-state index is 0.618. The third kappa shape index (κ3) is 1.17. The Morgan fingerprint density at radius 1 is 1.42 bits per heavy atom. The minimum Gasteiger partial charge on any atom is -0.316 e. The molecule has 2 heterocycles. The largest absolute Gasteiger partial charge is 0.316 e. The quantitative estimate of drug-likeness (QED) is 0.582. The van der Waals surface area contributed by atoms with Crippen LogP contribution >= 0.6 is 0 Å². The smallest absolute Gasteiger partial charge is 0.0133 e. The van der Waals surface area contributed by atoms with Gasteiger partial charge in [0.15, 0.2) is 0 Å². The van der Waals surface area contributed by atoms with Crippen LogP contribution in [-0.4, -0.2) is 37.6 Å². The van der Waals surface area contributed by atoms with Crippen LogP contribution < -0.4 is 5.32 Å². The molecular formula is C10H20N2. The van der Waals surface area contributed by atoms with Gasteiger partial charge >= 0.3 is 0 Å². The number of hydrogen-bond acceptors (Lipinski definition) is 2.